The van der Waals surface area contributed by atoms with E-state index in [1.54, 1.807) is 7.11 Å². The maximum Gasteiger partial charge on any atom is 0.255 e. The quantitative estimate of drug-likeness (QED) is 0.828. The summed E-state index contributed by atoms with van der Waals surface area (Å²) in [6.07, 6.45) is 5.05. The molecule has 2 amide bonds. The number of rotatable bonds is 4. The van der Waals surface area contributed by atoms with Crippen molar-refractivity contribution in [1.29, 1.82) is 0 Å². The van der Waals surface area contributed by atoms with Crippen LogP contribution in [0.15, 0.2) is 12.1 Å². The highest BCUT2D eigenvalue weighted by atomic mass is 16.5. The Morgan fingerprint density at radius 1 is 1.08 bits per heavy atom. The molecular weight excluding hydrogens is 330 g/mol. The third-order valence-corrected chi connectivity index (χ3v) is 5.44. The average Bonchev–Trinajstić information content (AvgIpc) is 2.68. The number of likely N-dealkylation sites (tertiary alicyclic amines) is 2. The zero-order valence-electron chi connectivity index (χ0n) is 15.9. The van der Waals surface area contributed by atoms with Gasteiger partial charge in [0.05, 0.1) is 11.3 Å². The summed E-state index contributed by atoms with van der Waals surface area (Å²) in [5, 5.41) is 0. The van der Waals surface area contributed by atoms with Gasteiger partial charge in [0.2, 0.25) is 5.91 Å². The second-order valence-corrected chi connectivity index (χ2v) is 7.33. The molecule has 0 spiro atoms. The van der Waals surface area contributed by atoms with E-state index in [2.05, 4.69) is 0 Å². The highest BCUT2D eigenvalue weighted by Gasteiger charge is 2.29. The third-order valence-electron chi connectivity index (χ3n) is 5.44. The summed E-state index contributed by atoms with van der Waals surface area (Å²) in [7, 11) is 1.54. The van der Waals surface area contributed by atoms with Gasteiger partial charge in [0.15, 0.2) is 0 Å². The van der Waals surface area contributed by atoms with Gasteiger partial charge in [0, 0.05) is 44.9 Å². The number of hydrogen-bond donors (Lipinski definition) is 0. The van der Waals surface area contributed by atoms with Gasteiger partial charge in [-0.15, -0.1) is 0 Å². The SMILES string of the molecule is COCC(=O)N1CCC(c2nc(C)ccc2C(=O)N2CCCCC2)CC1. The molecule has 0 aliphatic carbocycles. The molecule has 0 aromatic carbocycles. The molecule has 1 aromatic heterocycles. The normalized spacial score (nSPS) is 18.8. The van der Waals surface area contributed by atoms with E-state index < -0.39 is 0 Å². The number of hydrogen-bond acceptors (Lipinski definition) is 4. The number of carbonyl (C=O) groups is 2. The predicted molar refractivity (Wildman–Crippen MR) is 99.2 cm³/mol. The molecule has 2 aliphatic heterocycles. The second-order valence-electron chi connectivity index (χ2n) is 7.33. The summed E-state index contributed by atoms with van der Waals surface area (Å²) in [6, 6.07) is 3.87. The minimum atomic E-state index is 0.0350. The lowest BCUT2D eigenvalue weighted by molar-refractivity contribution is -0.136. The Hall–Kier alpha value is -1.95. The molecule has 0 unspecified atom stereocenters. The van der Waals surface area contributed by atoms with E-state index in [0.29, 0.717) is 13.1 Å². The Bertz CT molecular complexity index is 648. The number of piperidine rings is 2. The number of pyridine rings is 1. The first-order chi connectivity index (χ1) is 12.6. The number of carbonyl (C=O) groups excluding carboxylic acids is 2. The third kappa shape index (κ3) is 4.23. The monoisotopic (exact) mass is 359 g/mol. The van der Waals surface area contributed by atoms with Gasteiger partial charge in [-0.1, -0.05) is 0 Å². The Balaban J connectivity index is 1.74. The molecular formula is C20H29N3O3. The van der Waals surface area contributed by atoms with Gasteiger partial charge in [0.1, 0.15) is 6.61 Å². The molecule has 0 N–H and O–H groups in total. The van der Waals surface area contributed by atoms with Gasteiger partial charge in [-0.2, -0.15) is 0 Å². The van der Waals surface area contributed by atoms with Crippen LogP contribution >= 0.6 is 0 Å². The largest absolute Gasteiger partial charge is 0.375 e. The summed E-state index contributed by atoms with van der Waals surface area (Å²) in [6.45, 7) is 5.17. The molecule has 3 heterocycles. The van der Waals surface area contributed by atoms with E-state index >= 15 is 0 Å². The van der Waals surface area contributed by atoms with Crippen molar-refractivity contribution in [2.45, 2.75) is 44.9 Å². The van der Waals surface area contributed by atoms with Crippen molar-refractivity contribution < 1.29 is 14.3 Å². The maximum absolute atomic E-state index is 13.0. The van der Waals surface area contributed by atoms with Crippen LogP contribution in [0.3, 0.4) is 0 Å². The second kappa shape index (κ2) is 8.62. The van der Waals surface area contributed by atoms with Crippen LogP contribution in [-0.4, -0.2) is 66.5 Å². The Morgan fingerprint density at radius 3 is 2.42 bits per heavy atom. The number of ether oxygens (including phenoxy) is 1. The standard InChI is InChI=1S/C20H29N3O3/c1-15-6-7-17(20(25)23-10-4-3-5-11-23)19(21-15)16-8-12-22(13-9-16)18(24)14-26-2/h6-7,16H,3-5,8-14H2,1-2H3. The van der Waals surface area contributed by atoms with Crippen LogP contribution in [-0.2, 0) is 9.53 Å². The minimum Gasteiger partial charge on any atom is -0.375 e. The molecule has 6 nitrogen and oxygen atoms in total. The van der Waals surface area contributed by atoms with Crippen LogP contribution in [0, 0.1) is 6.92 Å². The van der Waals surface area contributed by atoms with Crippen molar-refractivity contribution in [2.75, 3.05) is 39.9 Å². The fraction of sp³-hybridized carbons (Fsp3) is 0.650. The highest BCUT2D eigenvalue weighted by Crippen LogP contribution is 2.30. The zero-order chi connectivity index (χ0) is 18.5. The van der Waals surface area contributed by atoms with Gasteiger partial charge in [-0.05, 0) is 51.2 Å². The van der Waals surface area contributed by atoms with E-state index in [1.807, 2.05) is 28.9 Å². The van der Waals surface area contributed by atoms with Crippen LogP contribution in [0.2, 0.25) is 0 Å². The molecule has 142 valence electrons. The maximum atomic E-state index is 13.0. The number of nitrogens with zero attached hydrogens (tertiary/aromatic N) is 3. The van der Waals surface area contributed by atoms with E-state index in [4.69, 9.17) is 9.72 Å². The van der Waals surface area contributed by atoms with E-state index in [9.17, 15) is 9.59 Å². The molecule has 1 aromatic rings. The average molecular weight is 359 g/mol. The fourth-order valence-electron chi connectivity index (χ4n) is 3.95. The molecule has 2 aliphatic rings. The van der Waals surface area contributed by atoms with Crippen LogP contribution in [0.25, 0.3) is 0 Å². The lowest BCUT2D eigenvalue weighted by Gasteiger charge is -2.33. The number of aromatic nitrogens is 1. The van der Waals surface area contributed by atoms with Crippen molar-refractivity contribution in [1.82, 2.24) is 14.8 Å². The van der Waals surface area contributed by atoms with Crippen LogP contribution < -0.4 is 0 Å². The van der Waals surface area contributed by atoms with Crippen molar-refractivity contribution in [3.8, 4) is 0 Å². The van der Waals surface area contributed by atoms with Crippen LogP contribution in [0.5, 0.6) is 0 Å². The first-order valence-electron chi connectivity index (χ1n) is 9.63. The summed E-state index contributed by atoms with van der Waals surface area (Å²) >= 11 is 0. The zero-order valence-corrected chi connectivity index (χ0v) is 15.9. The fourth-order valence-corrected chi connectivity index (χ4v) is 3.95. The Morgan fingerprint density at radius 2 is 1.77 bits per heavy atom. The summed E-state index contributed by atoms with van der Waals surface area (Å²) in [4.78, 5) is 33.6. The number of methoxy groups -OCH3 is 1. The molecule has 3 rings (SSSR count). The van der Waals surface area contributed by atoms with Crippen LogP contribution in [0.1, 0.15) is 59.8 Å². The van der Waals surface area contributed by atoms with Crippen molar-refractivity contribution in [3.05, 3.63) is 29.1 Å². The Labute approximate surface area is 155 Å². The lowest BCUT2D eigenvalue weighted by atomic mass is 9.89. The van der Waals surface area contributed by atoms with E-state index in [-0.39, 0.29) is 24.3 Å². The van der Waals surface area contributed by atoms with Crippen LogP contribution in [0.4, 0.5) is 0 Å². The summed E-state index contributed by atoms with van der Waals surface area (Å²) in [5.41, 5.74) is 2.60. The Kier molecular flexibility index (Phi) is 6.25. The molecule has 2 saturated heterocycles. The van der Waals surface area contributed by atoms with Gasteiger partial charge in [-0.3, -0.25) is 14.6 Å². The molecule has 0 saturated carbocycles. The van der Waals surface area contributed by atoms with E-state index in [1.165, 1.54) is 6.42 Å². The van der Waals surface area contributed by atoms with Gasteiger partial charge < -0.3 is 14.5 Å². The molecule has 0 atom stereocenters. The molecule has 0 bridgehead atoms. The summed E-state index contributed by atoms with van der Waals surface area (Å²) in [5.74, 6) is 0.378. The van der Waals surface area contributed by atoms with Crippen molar-refractivity contribution in [2.24, 2.45) is 0 Å². The van der Waals surface area contributed by atoms with Gasteiger partial charge in [-0.25, -0.2) is 0 Å². The first kappa shape index (κ1) is 18.8. The smallest absolute Gasteiger partial charge is 0.255 e. The predicted octanol–water partition coefficient (Wildman–Crippen LogP) is 2.37. The van der Waals surface area contributed by atoms with E-state index in [0.717, 1.165) is 55.7 Å². The molecule has 6 heteroatoms. The minimum absolute atomic E-state index is 0.0350. The molecule has 0 radical (unpaired) electrons. The lowest BCUT2D eigenvalue weighted by Crippen LogP contribution is -2.40. The summed E-state index contributed by atoms with van der Waals surface area (Å²) < 4.78 is 4.95. The van der Waals surface area contributed by atoms with Gasteiger partial charge in [0.25, 0.3) is 5.91 Å². The molecule has 2 fully saturated rings. The number of amides is 2. The first-order valence-corrected chi connectivity index (χ1v) is 9.63. The number of aryl methyl sites for hydroxylation is 1. The highest BCUT2D eigenvalue weighted by molar-refractivity contribution is 5.95. The topological polar surface area (TPSA) is 62.7 Å². The molecule has 26 heavy (non-hydrogen) atoms. The van der Waals surface area contributed by atoms with Gasteiger partial charge >= 0.3 is 0 Å². The van der Waals surface area contributed by atoms with Crippen molar-refractivity contribution in [3.63, 3.8) is 0 Å². The van der Waals surface area contributed by atoms with Crippen molar-refractivity contribution >= 4 is 11.8 Å².